The number of rotatable bonds is 21. The second-order valence-corrected chi connectivity index (χ2v) is 34.4. The van der Waals surface area contributed by atoms with E-state index in [1.165, 1.54) is 17.7 Å². The molecule has 5 aliphatic rings. The number of aromatic nitrogens is 8. The molecule has 682 valence electrons. The Kier molecular flexibility index (Phi) is 37.1. The van der Waals surface area contributed by atoms with E-state index in [0.717, 1.165) is 208 Å². The number of carboxylic acids is 1. The van der Waals surface area contributed by atoms with Crippen molar-refractivity contribution in [2.24, 2.45) is 0 Å². The van der Waals surface area contributed by atoms with Gasteiger partial charge in [-0.25, -0.2) is 24.7 Å². The molecule has 10 N–H and O–H groups in total. The maximum Gasteiger partial charge on any atom is 0.335 e. The summed E-state index contributed by atoms with van der Waals surface area (Å²) in [5.41, 5.74) is 21.3. The number of halogens is 1. The number of benzene rings is 8. The van der Waals surface area contributed by atoms with Gasteiger partial charge in [-0.1, -0.05) is 76.6 Å². The summed E-state index contributed by atoms with van der Waals surface area (Å²) in [6.07, 6.45) is 23.2. The molecule has 31 heteroatoms. The first-order chi connectivity index (χ1) is 62.0. The number of aliphatic hydroxyl groups is 5. The topological polar surface area (TPSA) is 393 Å². The van der Waals surface area contributed by atoms with Crippen LogP contribution >= 0.6 is 15.9 Å². The van der Waals surface area contributed by atoms with E-state index in [0.29, 0.717) is 60.0 Å². The Labute approximate surface area is 761 Å². The van der Waals surface area contributed by atoms with Crippen LogP contribution in [-0.4, -0.2) is 206 Å². The first-order valence-corrected chi connectivity index (χ1v) is 44.5. The molecule has 0 aliphatic carbocycles. The highest BCUT2D eigenvalue weighted by Gasteiger charge is 2.25. The minimum atomic E-state index is -0.956. The number of aromatic carboxylic acids is 1. The van der Waals surface area contributed by atoms with E-state index in [-0.39, 0.29) is 69.5 Å². The molecule has 17 rings (SSSR count). The number of carbonyl (C=O) groups excluding carboxylic acids is 1. The molecule has 8 aromatic carbocycles. The third-order valence-corrected chi connectivity index (χ3v) is 22.6. The monoisotopic (exact) mass is 1820 g/mol. The lowest BCUT2D eigenvalue weighted by atomic mass is 9.99. The van der Waals surface area contributed by atoms with Crippen molar-refractivity contribution < 1.29 is 59.5 Å². The number of nitro groups is 2. The Morgan fingerprint density at radius 1 is 0.481 bits per heavy atom. The van der Waals surface area contributed by atoms with E-state index >= 15 is 0 Å². The molecule has 5 saturated heterocycles. The summed E-state index contributed by atoms with van der Waals surface area (Å²) in [7, 11) is 0. The number of hydrogen-bond acceptors (Lipinski definition) is 23. The number of aromatic amines is 1. The molecule has 5 atom stereocenters. The highest BCUT2D eigenvalue weighted by Crippen LogP contribution is 2.32. The zero-order chi connectivity index (χ0) is 91.9. The average molecular weight is 1830 g/mol. The standard InChI is InChI=1S/C31H33N3O3.C16H20N4O3.C16H22N4O.C14H12O3.C12H15BrN2O3.C5H11NO.C4H6N2/c1-22-10-11-26(17-31(22)37-29-8-4-3-5-9-29)30(36)16-24-13-25(19-33-12-6-7-28(35)20-33)15-27(14-24)34-18-23(2)32-21-34;1-12-8-19(11-17-12)14-5-13(6-15(7-14)20(22)23)9-18-4-2-3-16(21)10-18;1-12-8-20(11-18-12)15-6-13(5-14(17)7-15)9-19-4-2-3-16(21)10-19;1-10-7-8-11(14(15)16)9-13(10)17-12-5-3-2-4-6-12;13-10-4-9(5-11(6-10)15(17)18)7-14-3-1-2-12(16)8-14;7-5-2-1-3-6-4-5;1-4-2-5-3-6-4/h3-5,8-11,13-15,17-18,21,28,35H,6-7,12,16,19-20H2,1-2H3;5-8,11,16,21H,2-4,9-10H2,1H3;5-8,11,16,21H,2-4,9-10,17H2,1H3;2-9H,1H3,(H,15,16);4-6,12,16H,1-3,7-8H2;5-7H,1-4H2;2-3H,1H3,(H,5,6)/t28-;2*16-;;12-;5-;/m000.00./s1. The number of para-hydroxylation sites is 2. The number of carboxylic acid groups (broad SMARTS) is 1. The number of ketones is 1. The van der Waals surface area contributed by atoms with Crippen molar-refractivity contribution in [2.45, 2.75) is 169 Å². The van der Waals surface area contributed by atoms with Crippen LogP contribution in [0.4, 0.5) is 17.1 Å². The Balaban J connectivity index is 0.000000154. The fourth-order valence-electron chi connectivity index (χ4n) is 15.7. The van der Waals surface area contributed by atoms with Gasteiger partial charge in [0.25, 0.3) is 11.4 Å². The molecule has 5 fully saturated rings. The number of nitro benzene ring substituents is 2. The second kappa shape index (κ2) is 49.0. The molecule has 30 nitrogen and oxygen atoms in total. The van der Waals surface area contributed by atoms with E-state index in [2.05, 4.69) is 90.0 Å². The molecule has 0 unspecified atom stereocenters. The maximum atomic E-state index is 13.4. The minimum Gasteiger partial charge on any atom is -0.478 e. The number of β-amino-alcohol motifs (C(OH)–C–C–N with tert-alkyl or cyclic N) is 5. The van der Waals surface area contributed by atoms with Gasteiger partial charge in [-0.3, -0.25) is 44.6 Å². The van der Waals surface area contributed by atoms with Gasteiger partial charge in [0, 0.05) is 147 Å². The third-order valence-electron chi connectivity index (χ3n) is 22.1. The number of likely N-dealkylation sites (tertiary alicyclic amines) is 4. The predicted octanol–water partition coefficient (Wildman–Crippen LogP) is 15.7. The number of hydrogen-bond donors (Lipinski definition) is 9. The van der Waals surface area contributed by atoms with Crippen LogP contribution in [0.5, 0.6) is 23.0 Å². The number of imidazole rings is 4. The van der Waals surface area contributed by atoms with Crippen molar-refractivity contribution in [1.82, 2.24) is 63.5 Å². The Hall–Kier alpha value is -12.0. The third kappa shape index (κ3) is 32.3. The van der Waals surface area contributed by atoms with Crippen molar-refractivity contribution in [3.63, 3.8) is 0 Å². The zero-order valence-electron chi connectivity index (χ0n) is 74.1. The molecule has 0 amide bonds. The number of non-ortho nitro benzene ring substituents is 2. The van der Waals surface area contributed by atoms with Crippen LogP contribution < -0.4 is 20.5 Å². The molecule has 0 saturated carbocycles. The van der Waals surface area contributed by atoms with Crippen LogP contribution in [0.1, 0.15) is 147 Å². The summed E-state index contributed by atoms with van der Waals surface area (Å²) >= 11 is 3.29. The number of aliphatic hydroxyl groups excluding tert-OH is 5. The van der Waals surface area contributed by atoms with E-state index in [9.17, 15) is 50.2 Å². The molecule has 5 aliphatic heterocycles. The predicted molar refractivity (Wildman–Crippen MR) is 501 cm³/mol. The Morgan fingerprint density at radius 3 is 1.26 bits per heavy atom. The lowest BCUT2D eigenvalue weighted by Crippen LogP contribution is -2.37. The number of nitrogens with two attached hydrogens (primary N) is 1. The average Bonchev–Trinajstić information content (AvgIpc) is 1.79. The van der Waals surface area contributed by atoms with Gasteiger partial charge in [-0.2, -0.15) is 0 Å². The number of aryl methyl sites for hydroxylation is 6. The number of anilines is 1. The van der Waals surface area contributed by atoms with E-state index in [1.807, 2.05) is 172 Å². The van der Waals surface area contributed by atoms with Crippen LogP contribution in [0, 0.1) is 61.8 Å². The van der Waals surface area contributed by atoms with Crippen LogP contribution in [-0.2, 0) is 32.6 Å². The van der Waals surface area contributed by atoms with Crippen molar-refractivity contribution in [3.05, 3.63) is 318 Å². The first-order valence-electron chi connectivity index (χ1n) is 43.7. The normalized spacial score (nSPS) is 17.6. The lowest BCUT2D eigenvalue weighted by molar-refractivity contribution is -0.385. The SMILES string of the molecule is Cc1ccc(C(=O)O)cc1Oc1ccccc1.Cc1cn(-c2cc(CC(=O)c3ccc(C)c(Oc4ccccc4)c3)cc(CN3CCC[C@H](O)C3)c2)cn1.Cc1cn(-c2cc(CN3CCC[C@H](O)C3)cc([N+](=O)[O-])c2)cn1.Cc1cn(-c2cc(N)cc(CN3CCC[C@H](O)C3)c2)cn1.Cc1cnc[nH]1.O=[N+]([O-])c1cc(Br)cc(CN2CCC[C@H](O)C2)c1.O[C@H]1CCCNC1. The maximum absolute atomic E-state index is 13.4. The second-order valence-electron chi connectivity index (χ2n) is 33.5. The van der Waals surface area contributed by atoms with Crippen LogP contribution in [0.2, 0.25) is 0 Å². The number of H-pyrrole nitrogens is 1. The van der Waals surface area contributed by atoms with Gasteiger partial charge in [-0.15, -0.1) is 0 Å². The summed E-state index contributed by atoms with van der Waals surface area (Å²) in [5, 5.41) is 82.1. The highest BCUT2D eigenvalue weighted by atomic mass is 79.9. The number of piperidine rings is 5. The largest absolute Gasteiger partial charge is 0.478 e. The van der Waals surface area contributed by atoms with Crippen molar-refractivity contribution >= 4 is 44.7 Å². The van der Waals surface area contributed by atoms with E-state index in [1.54, 1.807) is 66.4 Å². The first kappa shape index (κ1) is 97.6. The lowest BCUT2D eigenvalue weighted by Gasteiger charge is -2.30. The number of nitrogens with zero attached hydrogens (tertiary/aromatic N) is 13. The number of Topliss-reactive ketones (excluding diaryl/α,β-unsaturated/α-hetero) is 1. The number of ether oxygens (including phenoxy) is 2. The number of nitrogens with one attached hydrogen (secondary N) is 2. The van der Waals surface area contributed by atoms with Crippen LogP contribution in [0.3, 0.4) is 0 Å². The Bertz CT molecular complexity index is 5570. The van der Waals surface area contributed by atoms with Gasteiger partial charge < -0.3 is 69.8 Å². The quantitative estimate of drug-likeness (QED) is 0.0140. The van der Waals surface area contributed by atoms with Crippen LogP contribution in [0.15, 0.2) is 224 Å². The van der Waals surface area contributed by atoms with E-state index in [4.69, 9.17) is 25.4 Å². The highest BCUT2D eigenvalue weighted by molar-refractivity contribution is 9.10. The summed E-state index contributed by atoms with van der Waals surface area (Å²) in [4.78, 5) is 73.8. The minimum absolute atomic E-state index is 0.0382. The molecule has 129 heavy (non-hydrogen) atoms. The van der Waals surface area contributed by atoms with Gasteiger partial charge in [0.2, 0.25) is 0 Å². The molecule has 0 spiro atoms. The van der Waals surface area contributed by atoms with Gasteiger partial charge in [0.05, 0.1) is 94.0 Å². The molecule has 0 radical (unpaired) electrons. The van der Waals surface area contributed by atoms with Crippen molar-refractivity contribution in [3.8, 4) is 40.1 Å². The molecule has 4 aromatic heterocycles. The smallest absolute Gasteiger partial charge is 0.335 e. The summed E-state index contributed by atoms with van der Waals surface area (Å²) in [5.74, 6) is 1.77. The summed E-state index contributed by atoms with van der Waals surface area (Å²) in [6, 6.07) is 51.8. The van der Waals surface area contributed by atoms with Gasteiger partial charge in [0.15, 0.2) is 5.78 Å². The van der Waals surface area contributed by atoms with Gasteiger partial charge in [-0.05, 0) is 262 Å². The molecular weight excluding hydrogens is 1710 g/mol. The Morgan fingerprint density at radius 2 is 0.884 bits per heavy atom. The molecule has 12 aromatic rings. The summed E-state index contributed by atoms with van der Waals surface area (Å²) < 4.78 is 18.2. The van der Waals surface area contributed by atoms with Crippen LogP contribution in [0.25, 0.3) is 17.1 Å². The summed E-state index contributed by atoms with van der Waals surface area (Å²) in [6.45, 7) is 22.8. The number of nitrogen functional groups attached to an aromatic ring is 1. The van der Waals surface area contributed by atoms with Crippen molar-refractivity contribution in [1.29, 1.82) is 0 Å². The number of carbonyl (C=O) groups is 2. The fraction of sp³-hybridized carbons (Fsp3) is 0.367. The van der Waals surface area contributed by atoms with Crippen molar-refractivity contribution in [2.75, 3.05) is 71.2 Å². The zero-order valence-corrected chi connectivity index (χ0v) is 75.7. The van der Waals surface area contributed by atoms with Gasteiger partial charge >= 0.3 is 5.97 Å². The van der Waals surface area contributed by atoms with Gasteiger partial charge in [0.1, 0.15) is 23.0 Å². The fourth-order valence-corrected chi connectivity index (χ4v) is 16.2. The molecular formula is C98H119BrN16O14. The van der Waals surface area contributed by atoms with E-state index < -0.39 is 5.97 Å². The molecule has 9 heterocycles. The molecule has 0 bridgehead atoms.